The molecule has 3 aromatic rings. The Morgan fingerprint density at radius 2 is 1.73 bits per heavy atom. The molecule has 0 fully saturated rings. The number of carbonyl (C=O) groups is 1. The maximum atomic E-state index is 13.6. The number of methoxy groups -OCH3 is 2. The van der Waals surface area contributed by atoms with E-state index in [1.165, 1.54) is 12.1 Å². The van der Waals surface area contributed by atoms with E-state index in [-0.39, 0.29) is 12.1 Å². The zero-order chi connectivity index (χ0) is 21.1. The van der Waals surface area contributed by atoms with Crippen molar-refractivity contribution in [2.75, 3.05) is 26.1 Å². The monoisotopic (exact) mass is 406 g/mol. The fourth-order valence-electron chi connectivity index (χ4n) is 3.92. The molecule has 1 aliphatic rings. The summed E-state index contributed by atoms with van der Waals surface area (Å²) >= 11 is 0. The number of ether oxygens (including phenoxy) is 2. The van der Waals surface area contributed by atoms with E-state index in [2.05, 4.69) is 5.32 Å². The van der Waals surface area contributed by atoms with E-state index in [1.807, 2.05) is 42.5 Å². The Bertz CT molecular complexity index is 1060. The first-order chi connectivity index (χ1) is 14.6. The van der Waals surface area contributed by atoms with E-state index in [1.54, 1.807) is 31.3 Å². The zero-order valence-corrected chi connectivity index (χ0v) is 16.9. The van der Waals surface area contributed by atoms with Crippen LogP contribution in [-0.4, -0.2) is 31.7 Å². The van der Waals surface area contributed by atoms with Crippen molar-refractivity contribution in [2.24, 2.45) is 0 Å². The topological polar surface area (TPSA) is 50.8 Å². The number of anilines is 1. The lowest BCUT2D eigenvalue weighted by Gasteiger charge is -2.38. The van der Waals surface area contributed by atoms with Crippen LogP contribution in [0.15, 0.2) is 66.7 Å². The smallest absolute Gasteiger partial charge is 0.322 e. The summed E-state index contributed by atoms with van der Waals surface area (Å²) in [6.07, 6.45) is 0.676. The van der Waals surface area contributed by atoms with Gasteiger partial charge in [0.1, 0.15) is 5.82 Å². The molecule has 0 spiro atoms. The van der Waals surface area contributed by atoms with Crippen molar-refractivity contribution in [1.29, 1.82) is 0 Å². The van der Waals surface area contributed by atoms with Crippen molar-refractivity contribution >= 4 is 11.7 Å². The summed E-state index contributed by atoms with van der Waals surface area (Å²) in [6.45, 7) is 0.517. The maximum absolute atomic E-state index is 13.6. The van der Waals surface area contributed by atoms with E-state index in [4.69, 9.17) is 9.47 Å². The van der Waals surface area contributed by atoms with Gasteiger partial charge in [-0.15, -0.1) is 0 Å². The van der Waals surface area contributed by atoms with Gasteiger partial charge in [-0.3, -0.25) is 0 Å². The summed E-state index contributed by atoms with van der Waals surface area (Å²) in [5, 5.41) is 2.83. The molecule has 1 aliphatic heterocycles. The number of benzene rings is 3. The number of nitrogens with zero attached hydrogens (tertiary/aromatic N) is 1. The van der Waals surface area contributed by atoms with Gasteiger partial charge in [0.15, 0.2) is 11.5 Å². The van der Waals surface area contributed by atoms with E-state index >= 15 is 0 Å². The van der Waals surface area contributed by atoms with Crippen LogP contribution in [0.3, 0.4) is 0 Å². The Morgan fingerprint density at radius 3 is 2.43 bits per heavy atom. The van der Waals surface area contributed by atoms with Crippen molar-refractivity contribution in [1.82, 2.24) is 4.90 Å². The largest absolute Gasteiger partial charge is 0.493 e. The third-order valence-electron chi connectivity index (χ3n) is 5.33. The number of hydrogen-bond donors (Lipinski definition) is 1. The van der Waals surface area contributed by atoms with Crippen LogP contribution in [0.5, 0.6) is 11.5 Å². The number of nitrogens with one attached hydrogen (secondary N) is 1. The molecule has 4 rings (SSSR count). The Kier molecular flexibility index (Phi) is 5.57. The molecule has 0 unspecified atom stereocenters. The predicted molar refractivity (Wildman–Crippen MR) is 114 cm³/mol. The van der Waals surface area contributed by atoms with E-state index in [0.29, 0.717) is 30.2 Å². The lowest BCUT2D eigenvalue weighted by molar-refractivity contribution is 0.193. The molecule has 154 valence electrons. The fourth-order valence-corrected chi connectivity index (χ4v) is 3.92. The summed E-state index contributed by atoms with van der Waals surface area (Å²) in [5.74, 6) is 0.888. The summed E-state index contributed by atoms with van der Waals surface area (Å²) < 4.78 is 24.5. The van der Waals surface area contributed by atoms with Gasteiger partial charge in [0.25, 0.3) is 0 Å². The molecule has 0 saturated carbocycles. The summed E-state index contributed by atoms with van der Waals surface area (Å²) in [5.41, 5.74) is 3.50. The Hall–Kier alpha value is -3.54. The zero-order valence-electron chi connectivity index (χ0n) is 16.9. The van der Waals surface area contributed by atoms with E-state index in [9.17, 15) is 9.18 Å². The molecule has 1 heterocycles. The van der Waals surface area contributed by atoms with Gasteiger partial charge >= 0.3 is 6.03 Å². The highest BCUT2D eigenvalue weighted by Gasteiger charge is 2.33. The molecule has 1 N–H and O–H groups in total. The average Bonchev–Trinajstić information content (AvgIpc) is 2.77. The van der Waals surface area contributed by atoms with Gasteiger partial charge in [-0.2, -0.15) is 0 Å². The first-order valence-electron chi connectivity index (χ1n) is 9.73. The fraction of sp³-hybridized carbons (Fsp3) is 0.208. The number of halogens is 1. The van der Waals surface area contributed by atoms with Gasteiger partial charge in [-0.1, -0.05) is 36.4 Å². The molecular formula is C24H23FN2O3. The second-order valence-electron chi connectivity index (χ2n) is 7.10. The highest BCUT2D eigenvalue weighted by Crippen LogP contribution is 2.41. The van der Waals surface area contributed by atoms with Crippen molar-refractivity contribution in [2.45, 2.75) is 12.5 Å². The molecule has 1 atom stereocenters. The number of carbonyl (C=O) groups excluding carboxylic acids is 1. The summed E-state index contributed by atoms with van der Waals surface area (Å²) in [7, 11) is 3.21. The predicted octanol–water partition coefficient (Wildman–Crippen LogP) is 5.02. The van der Waals surface area contributed by atoms with Crippen LogP contribution in [0.4, 0.5) is 14.9 Å². The van der Waals surface area contributed by atoms with Gasteiger partial charge in [0.05, 0.1) is 20.3 Å². The quantitative estimate of drug-likeness (QED) is 0.662. The van der Waals surface area contributed by atoms with Crippen LogP contribution in [-0.2, 0) is 6.42 Å². The lowest BCUT2D eigenvalue weighted by atomic mass is 9.88. The minimum Gasteiger partial charge on any atom is -0.493 e. The van der Waals surface area contributed by atoms with E-state index < -0.39 is 5.82 Å². The average molecular weight is 406 g/mol. The first kappa shape index (κ1) is 19.8. The summed E-state index contributed by atoms with van der Waals surface area (Å²) in [4.78, 5) is 15.0. The van der Waals surface area contributed by atoms with Crippen LogP contribution < -0.4 is 14.8 Å². The first-order valence-corrected chi connectivity index (χ1v) is 9.73. The normalized spacial score (nSPS) is 15.3. The molecule has 0 aliphatic carbocycles. The number of amides is 2. The van der Waals surface area contributed by atoms with Gasteiger partial charge < -0.3 is 19.7 Å². The van der Waals surface area contributed by atoms with Crippen LogP contribution in [0, 0.1) is 5.82 Å². The number of rotatable bonds is 4. The van der Waals surface area contributed by atoms with Gasteiger partial charge in [-0.25, -0.2) is 9.18 Å². The highest BCUT2D eigenvalue weighted by molar-refractivity contribution is 5.90. The SMILES string of the molecule is COc1cc2c(cc1OC)[C@H](c1ccccc1)N(C(=O)Nc1cccc(F)c1)CC2. The van der Waals surface area contributed by atoms with E-state index in [0.717, 1.165) is 16.7 Å². The van der Waals surface area contributed by atoms with Crippen LogP contribution in [0.25, 0.3) is 0 Å². The highest BCUT2D eigenvalue weighted by atomic mass is 19.1. The van der Waals surface area contributed by atoms with Crippen LogP contribution in [0.1, 0.15) is 22.7 Å². The summed E-state index contributed by atoms with van der Waals surface area (Å²) in [6, 6.07) is 19.1. The molecule has 0 bridgehead atoms. The molecule has 30 heavy (non-hydrogen) atoms. The van der Waals surface area contributed by atoms with Crippen molar-refractivity contribution in [3.05, 3.63) is 89.2 Å². The molecule has 0 saturated heterocycles. The number of hydrogen-bond acceptors (Lipinski definition) is 3. The minimum atomic E-state index is -0.395. The Labute approximate surface area is 175 Å². The second kappa shape index (κ2) is 8.45. The molecule has 6 heteroatoms. The van der Waals surface area contributed by atoms with Crippen LogP contribution >= 0.6 is 0 Å². The van der Waals surface area contributed by atoms with Crippen LogP contribution in [0.2, 0.25) is 0 Å². The van der Waals surface area contributed by atoms with Crippen molar-refractivity contribution in [3.63, 3.8) is 0 Å². The standard InChI is InChI=1S/C24H23FN2O3/c1-29-21-13-17-11-12-27(24(28)26-19-10-6-9-18(25)14-19)23(16-7-4-3-5-8-16)20(17)15-22(21)30-2/h3-10,13-15,23H,11-12H2,1-2H3,(H,26,28)/t23-/m0/s1. The minimum absolute atomic E-state index is 0.283. The molecule has 2 amide bonds. The van der Waals surface area contributed by atoms with Crippen molar-refractivity contribution < 1.29 is 18.7 Å². The number of urea groups is 1. The molecule has 0 radical (unpaired) electrons. The van der Waals surface area contributed by atoms with Gasteiger partial charge in [-0.05, 0) is 53.4 Å². The second-order valence-corrected chi connectivity index (χ2v) is 7.10. The molecule has 3 aromatic carbocycles. The maximum Gasteiger partial charge on any atom is 0.322 e. The van der Waals surface area contributed by atoms with Gasteiger partial charge in [0, 0.05) is 12.2 Å². The molecular weight excluding hydrogens is 383 g/mol. The molecule has 5 nitrogen and oxygen atoms in total. The Morgan fingerprint density at radius 1 is 1.00 bits per heavy atom. The van der Waals surface area contributed by atoms with Crippen molar-refractivity contribution in [3.8, 4) is 11.5 Å². The number of fused-ring (bicyclic) bond motifs is 1. The third kappa shape index (κ3) is 3.81. The third-order valence-corrected chi connectivity index (χ3v) is 5.33. The molecule has 0 aromatic heterocycles. The lowest BCUT2D eigenvalue weighted by Crippen LogP contribution is -2.43. The van der Waals surface area contributed by atoms with Gasteiger partial charge in [0.2, 0.25) is 0 Å². The Balaban J connectivity index is 1.75.